The van der Waals surface area contributed by atoms with Crippen molar-refractivity contribution in [2.75, 3.05) is 5.32 Å². The Kier molecular flexibility index (Phi) is 5.44. The predicted molar refractivity (Wildman–Crippen MR) is 107 cm³/mol. The van der Waals surface area contributed by atoms with Gasteiger partial charge in [-0.25, -0.2) is 9.67 Å². The maximum atomic E-state index is 12.5. The zero-order chi connectivity index (χ0) is 19.4. The van der Waals surface area contributed by atoms with E-state index in [2.05, 4.69) is 43.2 Å². The maximum absolute atomic E-state index is 12.5. The SMILES string of the molecule is Cn1cncc1CCC(=O)Nc1cc(C(C)(C)C)nn1Cc1ccccc1. The summed E-state index contributed by atoms with van der Waals surface area (Å²) >= 11 is 0. The molecule has 1 N–H and O–H groups in total. The molecule has 3 aromatic rings. The fourth-order valence-electron chi connectivity index (χ4n) is 2.83. The van der Waals surface area contributed by atoms with Gasteiger partial charge in [-0.1, -0.05) is 51.1 Å². The number of carbonyl (C=O) groups excluding carboxylic acids is 1. The molecule has 1 amide bonds. The second-order valence-electron chi connectivity index (χ2n) is 7.85. The van der Waals surface area contributed by atoms with Crippen LogP contribution in [0.5, 0.6) is 0 Å². The van der Waals surface area contributed by atoms with Crippen molar-refractivity contribution in [3.8, 4) is 0 Å². The standard InChI is InChI=1S/C21H27N5O/c1-21(2,3)18-12-19(26(24-18)14-16-8-6-5-7-9-16)23-20(27)11-10-17-13-22-15-25(17)4/h5-9,12-13,15H,10-11,14H2,1-4H3,(H,23,27). The molecule has 27 heavy (non-hydrogen) atoms. The number of amides is 1. The molecule has 0 saturated carbocycles. The summed E-state index contributed by atoms with van der Waals surface area (Å²) in [5, 5.41) is 7.78. The highest BCUT2D eigenvalue weighted by atomic mass is 16.1. The second-order valence-corrected chi connectivity index (χ2v) is 7.85. The number of nitrogens with zero attached hydrogens (tertiary/aromatic N) is 4. The number of hydrogen-bond acceptors (Lipinski definition) is 3. The van der Waals surface area contributed by atoms with E-state index in [-0.39, 0.29) is 11.3 Å². The molecule has 0 unspecified atom stereocenters. The van der Waals surface area contributed by atoms with E-state index in [0.29, 0.717) is 19.4 Å². The van der Waals surface area contributed by atoms with Gasteiger partial charge >= 0.3 is 0 Å². The lowest BCUT2D eigenvalue weighted by molar-refractivity contribution is -0.116. The number of benzene rings is 1. The highest BCUT2D eigenvalue weighted by Crippen LogP contribution is 2.25. The third-order valence-electron chi connectivity index (χ3n) is 4.52. The minimum atomic E-state index is -0.0872. The fraction of sp³-hybridized carbons (Fsp3) is 0.381. The third-order valence-corrected chi connectivity index (χ3v) is 4.52. The molecular weight excluding hydrogens is 338 g/mol. The Morgan fingerprint density at radius 1 is 1.19 bits per heavy atom. The molecule has 1 aromatic carbocycles. The summed E-state index contributed by atoms with van der Waals surface area (Å²) in [5.74, 6) is 0.713. The van der Waals surface area contributed by atoms with E-state index in [0.717, 1.165) is 22.8 Å². The van der Waals surface area contributed by atoms with Crippen molar-refractivity contribution < 1.29 is 4.79 Å². The molecule has 6 heteroatoms. The maximum Gasteiger partial charge on any atom is 0.225 e. The molecule has 0 radical (unpaired) electrons. The molecule has 0 fully saturated rings. The predicted octanol–water partition coefficient (Wildman–Crippen LogP) is 3.53. The zero-order valence-electron chi connectivity index (χ0n) is 16.4. The summed E-state index contributed by atoms with van der Waals surface area (Å²) in [5.41, 5.74) is 3.06. The van der Waals surface area contributed by atoms with Gasteiger partial charge in [0.05, 0.1) is 18.6 Å². The van der Waals surface area contributed by atoms with Gasteiger partial charge in [-0.15, -0.1) is 0 Å². The van der Waals surface area contributed by atoms with Crippen LogP contribution in [0, 0.1) is 0 Å². The van der Waals surface area contributed by atoms with Crippen LogP contribution in [-0.2, 0) is 30.2 Å². The molecule has 2 heterocycles. The van der Waals surface area contributed by atoms with Gasteiger partial charge in [0.15, 0.2) is 0 Å². The molecule has 142 valence electrons. The Labute approximate surface area is 160 Å². The molecular formula is C21H27N5O. The van der Waals surface area contributed by atoms with E-state index < -0.39 is 0 Å². The van der Waals surface area contributed by atoms with Crippen molar-refractivity contribution in [1.29, 1.82) is 0 Å². The molecule has 2 aromatic heterocycles. The van der Waals surface area contributed by atoms with Crippen molar-refractivity contribution >= 4 is 11.7 Å². The van der Waals surface area contributed by atoms with Gasteiger partial charge in [0, 0.05) is 36.8 Å². The summed E-state index contributed by atoms with van der Waals surface area (Å²) in [6.45, 7) is 6.98. The molecule has 0 bridgehead atoms. The van der Waals surface area contributed by atoms with Crippen LogP contribution in [0.25, 0.3) is 0 Å². The largest absolute Gasteiger partial charge is 0.338 e. The number of carbonyl (C=O) groups is 1. The minimum Gasteiger partial charge on any atom is -0.338 e. The smallest absolute Gasteiger partial charge is 0.225 e. The number of aromatic nitrogens is 4. The first kappa shape index (κ1) is 18.9. The number of aryl methyl sites for hydroxylation is 2. The van der Waals surface area contributed by atoms with Crippen molar-refractivity contribution in [1.82, 2.24) is 19.3 Å². The van der Waals surface area contributed by atoms with Gasteiger partial charge in [-0.3, -0.25) is 4.79 Å². The summed E-state index contributed by atoms with van der Waals surface area (Å²) in [7, 11) is 1.94. The lowest BCUT2D eigenvalue weighted by atomic mass is 9.92. The average molecular weight is 365 g/mol. The van der Waals surface area contributed by atoms with Crippen molar-refractivity contribution in [2.45, 2.75) is 45.6 Å². The first-order valence-corrected chi connectivity index (χ1v) is 9.20. The number of imidazole rings is 1. The van der Waals surface area contributed by atoms with E-state index in [1.807, 2.05) is 40.6 Å². The van der Waals surface area contributed by atoms with Crippen LogP contribution in [0.3, 0.4) is 0 Å². The Morgan fingerprint density at radius 2 is 1.93 bits per heavy atom. The number of nitrogens with one attached hydrogen (secondary N) is 1. The number of anilines is 1. The fourth-order valence-corrected chi connectivity index (χ4v) is 2.83. The van der Waals surface area contributed by atoms with E-state index >= 15 is 0 Å². The summed E-state index contributed by atoms with van der Waals surface area (Å²) in [6, 6.07) is 12.1. The topological polar surface area (TPSA) is 64.7 Å². The minimum absolute atomic E-state index is 0.0223. The lowest BCUT2D eigenvalue weighted by Crippen LogP contribution is -2.17. The molecule has 0 atom stereocenters. The van der Waals surface area contributed by atoms with Crippen molar-refractivity contribution in [3.63, 3.8) is 0 Å². The Morgan fingerprint density at radius 3 is 2.56 bits per heavy atom. The first-order valence-electron chi connectivity index (χ1n) is 9.20. The highest BCUT2D eigenvalue weighted by molar-refractivity contribution is 5.90. The first-order chi connectivity index (χ1) is 12.8. The van der Waals surface area contributed by atoms with Crippen LogP contribution in [0.15, 0.2) is 48.9 Å². The van der Waals surface area contributed by atoms with E-state index in [1.165, 1.54) is 0 Å². The van der Waals surface area contributed by atoms with E-state index in [4.69, 9.17) is 5.10 Å². The van der Waals surface area contributed by atoms with Gasteiger partial charge in [0.2, 0.25) is 5.91 Å². The van der Waals surface area contributed by atoms with Crippen LogP contribution in [0.4, 0.5) is 5.82 Å². The van der Waals surface area contributed by atoms with Gasteiger partial charge in [0.1, 0.15) is 5.82 Å². The normalized spacial score (nSPS) is 11.6. The van der Waals surface area contributed by atoms with Crippen LogP contribution in [-0.4, -0.2) is 25.2 Å². The molecule has 0 aliphatic heterocycles. The van der Waals surface area contributed by atoms with Gasteiger partial charge in [-0.2, -0.15) is 5.10 Å². The van der Waals surface area contributed by atoms with Crippen molar-refractivity contribution in [3.05, 3.63) is 65.9 Å². The molecule has 0 aliphatic carbocycles. The van der Waals surface area contributed by atoms with Crippen LogP contribution in [0.2, 0.25) is 0 Å². The quantitative estimate of drug-likeness (QED) is 0.727. The van der Waals surface area contributed by atoms with E-state index in [1.54, 1.807) is 12.5 Å². The Balaban J connectivity index is 1.75. The third kappa shape index (κ3) is 4.84. The molecule has 0 saturated heterocycles. The second kappa shape index (κ2) is 7.78. The van der Waals surface area contributed by atoms with Gasteiger partial charge < -0.3 is 9.88 Å². The Hall–Kier alpha value is -2.89. The summed E-state index contributed by atoms with van der Waals surface area (Å²) in [6.07, 6.45) is 4.60. The average Bonchev–Trinajstić information content (AvgIpc) is 3.20. The molecule has 0 spiro atoms. The molecule has 3 rings (SSSR count). The molecule has 6 nitrogen and oxygen atoms in total. The van der Waals surface area contributed by atoms with Crippen LogP contribution >= 0.6 is 0 Å². The molecule has 0 aliphatic rings. The van der Waals surface area contributed by atoms with E-state index in [9.17, 15) is 4.79 Å². The summed E-state index contributed by atoms with van der Waals surface area (Å²) < 4.78 is 3.81. The monoisotopic (exact) mass is 365 g/mol. The van der Waals surface area contributed by atoms with Crippen LogP contribution < -0.4 is 5.32 Å². The van der Waals surface area contributed by atoms with Gasteiger partial charge in [-0.05, 0) is 12.0 Å². The van der Waals surface area contributed by atoms with Crippen molar-refractivity contribution in [2.24, 2.45) is 7.05 Å². The van der Waals surface area contributed by atoms with Gasteiger partial charge in [0.25, 0.3) is 0 Å². The zero-order valence-corrected chi connectivity index (χ0v) is 16.4. The van der Waals surface area contributed by atoms with Crippen LogP contribution in [0.1, 0.15) is 44.1 Å². The summed E-state index contributed by atoms with van der Waals surface area (Å²) in [4.78, 5) is 16.6. The number of rotatable bonds is 6. The lowest BCUT2D eigenvalue weighted by Gasteiger charge is -2.14. The highest BCUT2D eigenvalue weighted by Gasteiger charge is 2.21. The Bertz CT molecular complexity index is 902. The number of hydrogen-bond donors (Lipinski definition) is 1.